The van der Waals surface area contributed by atoms with Gasteiger partial charge in [-0.05, 0) is 23.8 Å². The van der Waals surface area contributed by atoms with Gasteiger partial charge in [-0.1, -0.05) is 24.0 Å². The van der Waals surface area contributed by atoms with E-state index < -0.39 is 0 Å². The van der Waals surface area contributed by atoms with Gasteiger partial charge in [-0.25, -0.2) is 4.39 Å². The molecule has 0 aliphatic carbocycles. The number of halogens is 1. The number of amides is 1. The monoisotopic (exact) mass is 358 g/mol. The molecule has 1 aromatic heterocycles. The van der Waals surface area contributed by atoms with Crippen molar-refractivity contribution in [3.63, 3.8) is 0 Å². The van der Waals surface area contributed by atoms with E-state index in [9.17, 15) is 9.18 Å². The van der Waals surface area contributed by atoms with Gasteiger partial charge in [0.25, 0.3) is 0 Å². The van der Waals surface area contributed by atoms with Gasteiger partial charge in [0, 0.05) is 42.0 Å². The van der Waals surface area contributed by atoms with Crippen molar-refractivity contribution in [3.8, 4) is 11.8 Å². The highest BCUT2D eigenvalue weighted by molar-refractivity contribution is 7.10. The molecule has 2 heterocycles. The molecular weight excluding hydrogens is 339 g/mol. The van der Waals surface area contributed by atoms with Crippen LogP contribution in [-0.2, 0) is 17.9 Å². The molecule has 3 rings (SSSR count). The maximum atomic E-state index is 13.0. The largest absolute Gasteiger partial charge is 0.384 e. The van der Waals surface area contributed by atoms with Gasteiger partial charge in [0.05, 0.1) is 6.54 Å². The lowest BCUT2D eigenvalue weighted by Gasteiger charge is -2.34. The highest BCUT2D eigenvalue weighted by Gasteiger charge is 2.24. The van der Waals surface area contributed by atoms with E-state index in [1.165, 1.54) is 12.1 Å². The molecule has 1 aromatic carbocycles. The number of aliphatic hydroxyl groups excluding tert-OH is 1. The smallest absolute Gasteiger partial charge is 0.237 e. The maximum Gasteiger partial charge on any atom is 0.237 e. The summed E-state index contributed by atoms with van der Waals surface area (Å²) < 4.78 is 13.0. The zero-order valence-electron chi connectivity index (χ0n) is 13.7. The molecule has 0 unspecified atom stereocenters. The van der Waals surface area contributed by atoms with Crippen molar-refractivity contribution in [3.05, 3.63) is 57.5 Å². The van der Waals surface area contributed by atoms with Crippen molar-refractivity contribution in [1.82, 2.24) is 9.80 Å². The Balaban J connectivity index is 1.53. The zero-order valence-corrected chi connectivity index (χ0v) is 14.6. The number of carbonyl (C=O) groups excluding carboxylic acids is 1. The number of aliphatic hydroxyl groups is 1. The minimum atomic E-state index is -0.265. The molecular formula is C19H19FN2O2S. The van der Waals surface area contributed by atoms with Crippen LogP contribution in [0.5, 0.6) is 0 Å². The Labute approximate surface area is 150 Å². The van der Waals surface area contributed by atoms with Crippen molar-refractivity contribution in [2.45, 2.75) is 13.1 Å². The SMILES string of the molecule is O=C1CN(Cc2cc(C#CCO)cs2)CCN1Cc1ccc(F)cc1. The van der Waals surface area contributed by atoms with Gasteiger partial charge in [0.1, 0.15) is 12.4 Å². The summed E-state index contributed by atoms with van der Waals surface area (Å²) in [5.74, 6) is 5.35. The fraction of sp³-hybridized carbons (Fsp3) is 0.316. The maximum absolute atomic E-state index is 13.0. The molecule has 1 aliphatic heterocycles. The summed E-state index contributed by atoms with van der Waals surface area (Å²) >= 11 is 1.61. The van der Waals surface area contributed by atoms with Crippen LogP contribution in [-0.4, -0.2) is 47.1 Å². The van der Waals surface area contributed by atoms with Crippen LogP contribution in [0, 0.1) is 17.7 Å². The highest BCUT2D eigenvalue weighted by Crippen LogP contribution is 2.18. The van der Waals surface area contributed by atoms with E-state index in [0.717, 1.165) is 29.1 Å². The molecule has 6 heteroatoms. The first-order valence-corrected chi connectivity index (χ1v) is 8.94. The third kappa shape index (κ3) is 4.89. The Morgan fingerprint density at radius 2 is 2.00 bits per heavy atom. The molecule has 1 N–H and O–H groups in total. The molecule has 0 spiro atoms. The fourth-order valence-corrected chi connectivity index (χ4v) is 3.62. The molecule has 4 nitrogen and oxygen atoms in total. The molecule has 1 amide bonds. The first kappa shape index (κ1) is 17.6. The van der Waals surface area contributed by atoms with E-state index in [0.29, 0.717) is 19.6 Å². The zero-order chi connectivity index (χ0) is 17.6. The van der Waals surface area contributed by atoms with Crippen molar-refractivity contribution >= 4 is 17.2 Å². The van der Waals surface area contributed by atoms with Crippen LogP contribution in [0.1, 0.15) is 16.0 Å². The third-order valence-corrected chi connectivity index (χ3v) is 4.95. The van der Waals surface area contributed by atoms with Crippen molar-refractivity contribution in [1.29, 1.82) is 0 Å². The lowest BCUT2D eigenvalue weighted by molar-refractivity contribution is -0.136. The second-order valence-corrected chi connectivity index (χ2v) is 6.91. The summed E-state index contributed by atoms with van der Waals surface area (Å²) in [6.07, 6.45) is 0. The summed E-state index contributed by atoms with van der Waals surface area (Å²) in [6, 6.07) is 8.28. The lowest BCUT2D eigenvalue weighted by atomic mass is 10.2. The van der Waals surface area contributed by atoms with E-state index >= 15 is 0 Å². The Hall–Kier alpha value is -2.20. The summed E-state index contributed by atoms with van der Waals surface area (Å²) in [6.45, 7) is 2.96. The van der Waals surface area contributed by atoms with Crippen LogP contribution >= 0.6 is 11.3 Å². The topological polar surface area (TPSA) is 43.8 Å². The fourth-order valence-electron chi connectivity index (χ4n) is 2.76. The Morgan fingerprint density at radius 3 is 2.72 bits per heavy atom. The average Bonchev–Trinajstić information content (AvgIpc) is 3.05. The lowest BCUT2D eigenvalue weighted by Crippen LogP contribution is -2.49. The number of piperazine rings is 1. The van der Waals surface area contributed by atoms with Crippen LogP contribution < -0.4 is 0 Å². The van der Waals surface area contributed by atoms with Crippen molar-refractivity contribution in [2.24, 2.45) is 0 Å². The second kappa shape index (κ2) is 8.26. The standard InChI is InChI=1S/C19H19FN2O2S/c20-17-5-3-15(4-6-17)11-22-8-7-21(13-19(22)24)12-18-10-16(14-25-18)2-1-9-23/h3-6,10,14,23H,7-9,11-13H2. The Kier molecular flexibility index (Phi) is 5.82. The van der Waals surface area contributed by atoms with Gasteiger partial charge in [-0.15, -0.1) is 11.3 Å². The van der Waals surface area contributed by atoms with Gasteiger partial charge in [0.2, 0.25) is 5.91 Å². The molecule has 2 aromatic rings. The molecule has 25 heavy (non-hydrogen) atoms. The van der Waals surface area contributed by atoms with Gasteiger partial charge in [-0.3, -0.25) is 9.69 Å². The van der Waals surface area contributed by atoms with Crippen LogP contribution in [0.15, 0.2) is 35.7 Å². The second-order valence-electron chi connectivity index (χ2n) is 5.91. The van der Waals surface area contributed by atoms with Gasteiger partial charge in [-0.2, -0.15) is 0 Å². The molecule has 1 saturated heterocycles. The average molecular weight is 358 g/mol. The Morgan fingerprint density at radius 1 is 1.20 bits per heavy atom. The highest BCUT2D eigenvalue weighted by atomic mass is 32.1. The van der Waals surface area contributed by atoms with Crippen molar-refractivity contribution in [2.75, 3.05) is 26.2 Å². The third-order valence-electron chi connectivity index (χ3n) is 4.03. The van der Waals surface area contributed by atoms with E-state index in [1.54, 1.807) is 23.5 Å². The Bertz CT molecular complexity index is 792. The molecule has 0 radical (unpaired) electrons. The summed E-state index contributed by atoms with van der Waals surface area (Å²) in [5.41, 5.74) is 1.84. The molecule has 1 fully saturated rings. The van der Waals surface area contributed by atoms with Gasteiger partial charge >= 0.3 is 0 Å². The number of hydrogen-bond donors (Lipinski definition) is 1. The number of rotatable bonds is 4. The quantitative estimate of drug-likeness (QED) is 0.851. The number of carbonyl (C=O) groups is 1. The van der Waals surface area contributed by atoms with E-state index in [4.69, 9.17) is 5.11 Å². The molecule has 1 aliphatic rings. The van der Waals surface area contributed by atoms with Crippen molar-refractivity contribution < 1.29 is 14.3 Å². The first-order valence-electron chi connectivity index (χ1n) is 8.06. The van der Waals surface area contributed by atoms with E-state index in [-0.39, 0.29) is 18.3 Å². The van der Waals surface area contributed by atoms with E-state index in [1.807, 2.05) is 16.3 Å². The molecule has 130 valence electrons. The van der Waals surface area contributed by atoms with Gasteiger partial charge < -0.3 is 10.0 Å². The number of nitrogens with zero attached hydrogens (tertiary/aromatic N) is 2. The minimum Gasteiger partial charge on any atom is -0.384 e. The van der Waals surface area contributed by atoms with Crippen LogP contribution in [0.2, 0.25) is 0 Å². The predicted molar refractivity (Wildman–Crippen MR) is 95.4 cm³/mol. The summed E-state index contributed by atoms with van der Waals surface area (Å²) in [5, 5.41) is 10.7. The molecule has 0 atom stereocenters. The van der Waals surface area contributed by atoms with Crippen LogP contribution in [0.25, 0.3) is 0 Å². The number of benzene rings is 1. The first-order chi connectivity index (χ1) is 12.1. The number of thiophene rings is 1. The van der Waals surface area contributed by atoms with Crippen LogP contribution in [0.3, 0.4) is 0 Å². The van der Waals surface area contributed by atoms with Gasteiger partial charge in [0.15, 0.2) is 0 Å². The normalized spacial score (nSPS) is 15.1. The molecule has 0 bridgehead atoms. The number of hydrogen-bond acceptors (Lipinski definition) is 4. The predicted octanol–water partition coefficient (Wildman–Crippen LogP) is 2.08. The van der Waals surface area contributed by atoms with E-state index in [2.05, 4.69) is 16.7 Å². The minimum absolute atomic E-state index is 0.0902. The summed E-state index contributed by atoms with van der Waals surface area (Å²) in [7, 11) is 0. The van der Waals surface area contributed by atoms with Crippen LogP contribution in [0.4, 0.5) is 4.39 Å². The summed E-state index contributed by atoms with van der Waals surface area (Å²) in [4.78, 5) is 17.5. The molecule has 0 saturated carbocycles.